The van der Waals surface area contributed by atoms with E-state index in [1.165, 1.54) is 0 Å². The summed E-state index contributed by atoms with van der Waals surface area (Å²) in [6.45, 7) is 6.13. The Morgan fingerprint density at radius 1 is 1.33 bits per heavy atom. The van der Waals surface area contributed by atoms with Gasteiger partial charge in [0.25, 0.3) is 0 Å². The van der Waals surface area contributed by atoms with Crippen molar-refractivity contribution in [3.8, 4) is 0 Å². The molecule has 0 aliphatic carbocycles. The fraction of sp³-hybridized carbons (Fsp3) is 0.333. The van der Waals surface area contributed by atoms with Crippen LogP contribution < -0.4 is 10.6 Å². The van der Waals surface area contributed by atoms with Crippen molar-refractivity contribution >= 4 is 17.6 Å². The van der Waals surface area contributed by atoms with Crippen LogP contribution in [-0.4, -0.2) is 21.7 Å². The molecule has 1 amide bonds. The van der Waals surface area contributed by atoms with Crippen molar-refractivity contribution in [1.82, 2.24) is 9.97 Å². The molecule has 2 aromatic rings. The maximum Gasteiger partial charge on any atom is 0.413 e. The minimum atomic E-state index is -0.526. The number of nitrogens with one attached hydrogen (secondary N) is 3. The van der Waals surface area contributed by atoms with Crippen molar-refractivity contribution in [1.29, 1.82) is 0 Å². The van der Waals surface area contributed by atoms with Gasteiger partial charge in [0, 0.05) is 11.9 Å². The Morgan fingerprint density at radius 2 is 2.14 bits per heavy atom. The molecule has 0 atom stereocenters. The van der Waals surface area contributed by atoms with Crippen LogP contribution >= 0.6 is 0 Å². The zero-order valence-electron chi connectivity index (χ0n) is 12.4. The highest BCUT2D eigenvalue weighted by molar-refractivity contribution is 5.83. The molecule has 6 nitrogen and oxygen atoms in total. The Bertz CT molecular complexity index is 571. The second-order valence-electron chi connectivity index (χ2n) is 5.61. The average molecular weight is 288 g/mol. The van der Waals surface area contributed by atoms with Gasteiger partial charge in [0.2, 0.25) is 0 Å². The van der Waals surface area contributed by atoms with Crippen molar-refractivity contribution in [2.45, 2.75) is 32.9 Å². The first kappa shape index (κ1) is 14.9. The number of nitrogens with zero attached hydrogens (tertiary/aromatic N) is 1. The van der Waals surface area contributed by atoms with E-state index in [1.54, 1.807) is 12.3 Å². The van der Waals surface area contributed by atoms with Gasteiger partial charge in [0.05, 0.1) is 18.4 Å². The van der Waals surface area contributed by atoms with Gasteiger partial charge < -0.3 is 15.0 Å². The Hall–Kier alpha value is -2.50. The summed E-state index contributed by atoms with van der Waals surface area (Å²) in [5.74, 6) is 0.453. The zero-order valence-corrected chi connectivity index (χ0v) is 12.4. The quantitative estimate of drug-likeness (QED) is 0.806. The number of aromatic amines is 1. The molecule has 0 aromatic carbocycles. The molecule has 0 spiro atoms. The Kier molecular flexibility index (Phi) is 4.47. The highest BCUT2D eigenvalue weighted by Gasteiger charge is 2.16. The number of H-pyrrole nitrogens is 1. The zero-order chi connectivity index (χ0) is 15.3. The van der Waals surface area contributed by atoms with E-state index in [4.69, 9.17) is 4.74 Å². The summed E-state index contributed by atoms with van der Waals surface area (Å²) in [6, 6.07) is 7.52. The van der Waals surface area contributed by atoms with Gasteiger partial charge in [0.15, 0.2) is 0 Å². The molecule has 6 heteroatoms. The highest BCUT2D eigenvalue weighted by atomic mass is 16.6. The van der Waals surface area contributed by atoms with Gasteiger partial charge >= 0.3 is 6.09 Å². The van der Waals surface area contributed by atoms with E-state index in [2.05, 4.69) is 20.6 Å². The van der Waals surface area contributed by atoms with Crippen LogP contribution in [0.1, 0.15) is 26.5 Å². The van der Waals surface area contributed by atoms with Gasteiger partial charge in [-0.3, -0.25) is 5.32 Å². The number of anilines is 2. The predicted molar refractivity (Wildman–Crippen MR) is 82.2 cm³/mol. The van der Waals surface area contributed by atoms with Crippen LogP contribution in [0.5, 0.6) is 0 Å². The molecule has 0 aliphatic rings. The standard InChI is InChI=1S/C15H20N4O2/c1-15(2,3)21-14(20)19-13-7-6-12(10-18-13)17-9-11-5-4-8-16-11/h4-8,10,16-17H,9H2,1-3H3,(H,18,19,20). The Morgan fingerprint density at radius 3 is 2.71 bits per heavy atom. The van der Waals surface area contributed by atoms with Crippen molar-refractivity contribution in [2.75, 3.05) is 10.6 Å². The normalized spacial score (nSPS) is 11.0. The first-order valence-electron chi connectivity index (χ1n) is 6.74. The molecule has 2 rings (SSSR count). The lowest BCUT2D eigenvalue weighted by Crippen LogP contribution is -2.27. The molecule has 0 aliphatic heterocycles. The third-order valence-corrected chi connectivity index (χ3v) is 2.54. The predicted octanol–water partition coefficient (Wildman–Crippen LogP) is 3.37. The molecule has 112 valence electrons. The third kappa shape index (κ3) is 5.18. The van der Waals surface area contributed by atoms with Crippen LogP contribution in [0, 0.1) is 0 Å². The highest BCUT2D eigenvalue weighted by Crippen LogP contribution is 2.13. The Balaban J connectivity index is 1.85. The number of hydrogen-bond acceptors (Lipinski definition) is 4. The number of hydrogen-bond donors (Lipinski definition) is 3. The molecular weight excluding hydrogens is 268 g/mol. The largest absolute Gasteiger partial charge is 0.444 e. The fourth-order valence-corrected chi connectivity index (χ4v) is 1.66. The number of carbonyl (C=O) groups excluding carboxylic acids is 1. The molecule has 21 heavy (non-hydrogen) atoms. The van der Waals surface area contributed by atoms with Crippen LogP contribution in [0.15, 0.2) is 36.7 Å². The minimum absolute atomic E-state index is 0.453. The molecule has 0 radical (unpaired) electrons. The summed E-state index contributed by atoms with van der Waals surface area (Å²) in [7, 11) is 0. The number of pyridine rings is 1. The van der Waals surface area contributed by atoms with E-state index in [-0.39, 0.29) is 0 Å². The lowest BCUT2D eigenvalue weighted by molar-refractivity contribution is 0.0635. The molecule has 2 aromatic heterocycles. The number of carbonyl (C=O) groups is 1. The van der Waals surface area contributed by atoms with Gasteiger partial charge in [-0.25, -0.2) is 9.78 Å². The van der Waals surface area contributed by atoms with Crippen LogP contribution in [-0.2, 0) is 11.3 Å². The summed E-state index contributed by atoms with van der Waals surface area (Å²) in [5.41, 5.74) is 1.44. The molecular formula is C15H20N4O2. The van der Waals surface area contributed by atoms with Gasteiger partial charge in [-0.05, 0) is 45.0 Å². The van der Waals surface area contributed by atoms with Gasteiger partial charge in [0.1, 0.15) is 11.4 Å². The van der Waals surface area contributed by atoms with E-state index in [0.29, 0.717) is 12.4 Å². The van der Waals surface area contributed by atoms with Crippen LogP contribution in [0.4, 0.5) is 16.3 Å². The maximum absolute atomic E-state index is 11.6. The molecule has 0 bridgehead atoms. The molecule has 0 saturated heterocycles. The van der Waals surface area contributed by atoms with Gasteiger partial charge in [-0.15, -0.1) is 0 Å². The second kappa shape index (κ2) is 6.30. The molecule has 0 unspecified atom stereocenters. The van der Waals surface area contributed by atoms with E-state index < -0.39 is 11.7 Å². The van der Waals surface area contributed by atoms with E-state index in [0.717, 1.165) is 11.4 Å². The Labute approximate surface area is 123 Å². The third-order valence-electron chi connectivity index (χ3n) is 2.54. The first-order valence-corrected chi connectivity index (χ1v) is 6.74. The monoisotopic (exact) mass is 288 g/mol. The molecule has 0 saturated carbocycles. The number of rotatable bonds is 4. The second-order valence-corrected chi connectivity index (χ2v) is 5.61. The van der Waals surface area contributed by atoms with Crippen LogP contribution in [0.2, 0.25) is 0 Å². The maximum atomic E-state index is 11.6. The van der Waals surface area contributed by atoms with Crippen molar-refractivity contribution in [2.24, 2.45) is 0 Å². The molecule has 2 heterocycles. The first-order chi connectivity index (χ1) is 9.92. The fourth-order valence-electron chi connectivity index (χ4n) is 1.66. The smallest absolute Gasteiger partial charge is 0.413 e. The lowest BCUT2D eigenvalue weighted by Gasteiger charge is -2.19. The molecule has 0 fully saturated rings. The summed E-state index contributed by atoms with van der Waals surface area (Å²) >= 11 is 0. The number of aromatic nitrogens is 2. The summed E-state index contributed by atoms with van der Waals surface area (Å²) in [5, 5.41) is 5.82. The number of amides is 1. The van der Waals surface area contributed by atoms with Gasteiger partial charge in [-0.1, -0.05) is 0 Å². The van der Waals surface area contributed by atoms with Crippen molar-refractivity contribution < 1.29 is 9.53 Å². The summed E-state index contributed by atoms with van der Waals surface area (Å²) in [4.78, 5) is 18.9. The molecule has 3 N–H and O–H groups in total. The van der Waals surface area contributed by atoms with E-state index in [1.807, 2.05) is 45.2 Å². The minimum Gasteiger partial charge on any atom is -0.444 e. The van der Waals surface area contributed by atoms with Crippen molar-refractivity contribution in [3.05, 3.63) is 42.4 Å². The van der Waals surface area contributed by atoms with E-state index >= 15 is 0 Å². The average Bonchev–Trinajstić information content (AvgIpc) is 2.89. The SMILES string of the molecule is CC(C)(C)OC(=O)Nc1ccc(NCc2ccc[nH]2)cn1. The van der Waals surface area contributed by atoms with Crippen molar-refractivity contribution in [3.63, 3.8) is 0 Å². The summed E-state index contributed by atoms with van der Waals surface area (Å²) < 4.78 is 5.16. The number of ether oxygens (including phenoxy) is 1. The van der Waals surface area contributed by atoms with Crippen LogP contribution in [0.3, 0.4) is 0 Å². The van der Waals surface area contributed by atoms with Gasteiger partial charge in [-0.2, -0.15) is 0 Å². The lowest BCUT2D eigenvalue weighted by atomic mass is 10.2. The van der Waals surface area contributed by atoms with Crippen LogP contribution in [0.25, 0.3) is 0 Å². The topological polar surface area (TPSA) is 79.0 Å². The van der Waals surface area contributed by atoms with E-state index in [9.17, 15) is 4.79 Å². The summed E-state index contributed by atoms with van der Waals surface area (Å²) in [6.07, 6.45) is 3.03.